The number of halogens is 1. The van der Waals surface area contributed by atoms with Gasteiger partial charge in [0.05, 0.1) is 7.11 Å². The molecule has 0 aliphatic carbocycles. The van der Waals surface area contributed by atoms with Crippen LogP contribution in [-0.4, -0.2) is 18.0 Å². The van der Waals surface area contributed by atoms with Crippen molar-refractivity contribution in [2.24, 2.45) is 0 Å². The molecule has 2 nitrogen and oxygen atoms in total. The second-order valence-electron chi connectivity index (χ2n) is 2.13. The summed E-state index contributed by atoms with van der Waals surface area (Å²) < 4.78 is 5.10. The molecule has 11 heavy (non-hydrogen) atoms. The highest BCUT2D eigenvalue weighted by atomic mass is 35.5. The molecular weight excluding hydrogens is 162 g/mol. The van der Waals surface area contributed by atoms with Gasteiger partial charge in [-0.3, -0.25) is 4.98 Å². The Morgan fingerprint density at radius 2 is 2.45 bits per heavy atom. The number of alkyl halides is 1. The van der Waals surface area contributed by atoms with Gasteiger partial charge < -0.3 is 4.74 Å². The molecule has 60 valence electrons. The van der Waals surface area contributed by atoms with Gasteiger partial charge >= 0.3 is 0 Å². The lowest BCUT2D eigenvalue weighted by Gasteiger charge is -2.04. The van der Waals surface area contributed by atoms with E-state index < -0.39 is 0 Å². The molecule has 0 unspecified atom stereocenters. The zero-order chi connectivity index (χ0) is 8.10. The number of hydrogen-bond donors (Lipinski definition) is 0. The molecule has 1 aromatic rings. The van der Waals surface area contributed by atoms with E-state index in [-0.39, 0.29) is 0 Å². The van der Waals surface area contributed by atoms with Crippen molar-refractivity contribution in [2.45, 2.75) is 6.42 Å². The van der Waals surface area contributed by atoms with Crippen LogP contribution in [0.3, 0.4) is 0 Å². The predicted molar refractivity (Wildman–Crippen MR) is 45.2 cm³/mol. The summed E-state index contributed by atoms with van der Waals surface area (Å²) in [7, 11) is 1.65. The standard InChI is InChI=1S/C8H10ClNO/c1-11-8-3-5-10-6-7(8)2-4-9/h3,5-6H,2,4H2,1H3. The highest BCUT2D eigenvalue weighted by molar-refractivity contribution is 6.18. The van der Waals surface area contributed by atoms with Crippen molar-refractivity contribution in [1.29, 1.82) is 0 Å². The van der Waals surface area contributed by atoms with Gasteiger partial charge in [-0.1, -0.05) is 0 Å². The molecule has 0 amide bonds. The molecule has 0 saturated carbocycles. The lowest BCUT2D eigenvalue weighted by Crippen LogP contribution is -1.93. The molecule has 0 bridgehead atoms. The number of ether oxygens (including phenoxy) is 1. The molecule has 0 aliphatic rings. The fourth-order valence-electron chi connectivity index (χ4n) is 0.903. The monoisotopic (exact) mass is 171 g/mol. The first kappa shape index (κ1) is 8.34. The van der Waals surface area contributed by atoms with Crippen LogP contribution in [0.5, 0.6) is 5.75 Å². The first-order valence-corrected chi connectivity index (χ1v) is 3.94. The van der Waals surface area contributed by atoms with Gasteiger partial charge in [-0.25, -0.2) is 0 Å². The van der Waals surface area contributed by atoms with E-state index in [1.807, 2.05) is 6.07 Å². The maximum absolute atomic E-state index is 5.58. The van der Waals surface area contributed by atoms with Crippen LogP contribution in [0.15, 0.2) is 18.5 Å². The molecule has 0 spiro atoms. The number of aryl methyl sites for hydroxylation is 1. The third-order valence-corrected chi connectivity index (χ3v) is 1.63. The number of hydrogen-bond acceptors (Lipinski definition) is 2. The van der Waals surface area contributed by atoms with Gasteiger partial charge in [-0.2, -0.15) is 0 Å². The minimum atomic E-state index is 0.599. The topological polar surface area (TPSA) is 22.1 Å². The summed E-state index contributed by atoms with van der Waals surface area (Å²) in [5.41, 5.74) is 1.06. The van der Waals surface area contributed by atoms with Crippen molar-refractivity contribution in [3.8, 4) is 5.75 Å². The average Bonchev–Trinajstić information content (AvgIpc) is 2.06. The molecule has 0 N–H and O–H groups in total. The average molecular weight is 172 g/mol. The van der Waals surface area contributed by atoms with E-state index in [0.29, 0.717) is 5.88 Å². The molecular formula is C8H10ClNO. The van der Waals surface area contributed by atoms with E-state index in [1.165, 1.54) is 0 Å². The van der Waals surface area contributed by atoms with E-state index in [1.54, 1.807) is 19.5 Å². The van der Waals surface area contributed by atoms with Crippen molar-refractivity contribution < 1.29 is 4.74 Å². The number of aromatic nitrogens is 1. The van der Waals surface area contributed by atoms with Gasteiger partial charge in [-0.15, -0.1) is 11.6 Å². The zero-order valence-electron chi connectivity index (χ0n) is 6.38. The maximum atomic E-state index is 5.58. The maximum Gasteiger partial charge on any atom is 0.125 e. The van der Waals surface area contributed by atoms with Crippen LogP contribution in [0.25, 0.3) is 0 Å². The lowest BCUT2D eigenvalue weighted by molar-refractivity contribution is 0.409. The molecule has 1 aromatic heterocycles. The smallest absolute Gasteiger partial charge is 0.125 e. The SMILES string of the molecule is COc1ccncc1CCCl. The van der Waals surface area contributed by atoms with E-state index in [4.69, 9.17) is 16.3 Å². The van der Waals surface area contributed by atoms with Gasteiger partial charge in [0.2, 0.25) is 0 Å². The highest BCUT2D eigenvalue weighted by Gasteiger charge is 1.99. The van der Waals surface area contributed by atoms with Crippen LogP contribution >= 0.6 is 11.6 Å². The minimum absolute atomic E-state index is 0.599. The van der Waals surface area contributed by atoms with Crippen LogP contribution in [0.2, 0.25) is 0 Å². The molecule has 0 atom stereocenters. The van der Waals surface area contributed by atoms with Crippen LogP contribution in [0, 0.1) is 0 Å². The van der Waals surface area contributed by atoms with Crippen molar-refractivity contribution in [2.75, 3.05) is 13.0 Å². The quantitative estimate of drug-likeness (QED) is 0.648. The molecule has 0 radical (unpaired) electrons. The van der Waals surface area contributed by atoms with E-state index >= 15 is 0 Å². The molecule has 0 fully saturated rings. The van der Waals surface area contributed by atoms with Gasteiger partial charge in [0, 0.05) is 23.8 Å². The third kappa shape index (κ3) is 2.09. The fourth-order valence-corrected chi connectivity index (χ4v) is 1.11. The van der Waals surface area contributed by atoms with E-state index in [0.717, 1.165) is 17.7 Å². The minimum Gasteiger partial charge on any atom is -0.496 e. The Hall–Kier alpha value is -0.760. The van der Waals surface area contributed by atoms with Gasteiger partial charge in [-0.05, 0) is 12.5 Å². The molecule has 0 aliphatic heterocycles. The van der Waals surface area contributed by atoms with Crippen LogP contribution in [0.4, 0.5) is 0 Å². The summed E-state index contributed by atoms with van der Waals surface area (Å²) >= 11 is 5.58. The second kappa shape index (κ2) is 4.19. The van der Waals surface area contributed by atoms with E-state index in [9.17, 15) is 0 Å². The summed E-state index contributed by atoms with van der Waals surface area (Å²) in [6, 6.07) is 1.84. The fraction of sp³-hybridized carbons (Fsp3) is 0.375. The van der Waals surface area contributed by atoms with Gasteiger partial charge in [0.25, 0.3) is 0 Å². The zero-order valence-corrected chi connectivity index (χ0v) is 7.14. The Bertz CT molecular complexity index is 227. The Morgan fingerprint density at radius 1 is 1.64 bits per heavy atom. The van der Waals surface area contributed by atoms with Crippen molar-refractivity contribution in [3.63, 3.8) is 0 Å². The first-order chi connectivity index (χ1) is 5.38. The molecule has 0 aromatic carbocycles. The first-order valence-electron chi connectivity index (χ1n) is 3.41. The number of methoxy groups -OCH3 is 1. The predicted octanol–water partition coefficient (Wildman–Crippen LogP) is 1.87. The molecule has 1 heterocycles. The number of nitrogens with zero attached hydrogens (tertiary/aromatic N) is 1. The van der Waals surface area contributed by atoms with Crippen LogP contribution in [-0.2, 0) is 6.42 Å². The summed E-state index contributed by atoms with van der Waals surface area (Å²) in [4.78, 5) is 3.97. The summed E-state index contributed by atoms with van der Waals surface area (Å²) in [5, 5.41) is 0. The summed E-state index contributed by atoms with van der Waals surface area (Å²) in [5.74, 6) is 1.46. The normalized spacial score (nSPS) is 9.64. The molecule has 0 saturated heterocycles. The van der Waals surface area contributed by atoms with Crippen molar-refractivity contribution in [3.05, 3.63) is 24.0 Å². The van der Waals surface area contributed by atoms with Crippen molar-refractivity contribution in [1.82, 2.24) is 4.98 Å². The molecule has 1 rings (SSSR count). The summed E-state index contributed by atoms with van der Waals surface area (Å²) in [6.07, 6.45) is 4.29. The van der Waals surface area contributed by atoms with Crippen molar-refractivity contribution >= 4 is 11.6 Å². The Morgan fingerprint density at radius 3 is 3.09 bits per heavy atom. The second-order valence-corrected chi connectivity index (χ2v) is 2.50. The Kier molecular flexibility index (Phi) is 3.17. The summed E-state index contributed by atoms with van der Waals surface area (Å²) in [6.45, 7) is 0. The van der Waals surface area contributed by atoms with Crippen LogP contribution in [0.1, 0.15) is 5.56 Å². The Labute approximate surface area is 71.2 Å². The number of rotatable bonds is 3. The number of pyridine rings is 1. The third-order valence-electron chi connectivity index (χ3n) is 1.44. The van der Waals surface area contributed by atoms with Gasteiger partial charge in [0.15, 0.2) is 0 Å². The lowest BCUT2D eigenvalue weighted by atomic mass is 10.2. The van der Waals surface area contributed by atoms with Crippen LogP contribution < -0.4 is 4.74 Å². The molecule has 3 heteroatoms. The van der Waals surface area contributed by atoms with E-state index in [2.05, 4.69) is 4.98 Å². The van der Waals surface area contributed by atoms with Gasteiger partial charge in [0.1, 0.15) is 5.75 Å². The largest absolute Gasteiger partial charge is 0.496 e. The highest BCUT2D eigenvalue weighted by Crippen LogP contribution is 2.16. The Balaban J connectivity index is 2.83.